The van der Waals surface area contributed by atoms with E-state index in [-0.39, 0.29) is 0 Å². The van der Waals surface area contributed by atoms with Crippen molar-refractivity contribution in [1.82, 2.24) is 0 Å². The van der Waals surface area contributed by atoms with E-state index in [0.717, 1.165) is 22.9 Å². The Kier molecular flexibility index (Phi) is 3.19. The van der Waals surface area contributed by atoms with Gasteiger partial charge in [-0.05, 0) is 28.5 Å². The number of halogens is 1. The number of hydrogen-bond donors (Lipinski definition) is 0. The van der Waals surface area contributed by atoms with E-state index in [0.29, 0.717) is 5.54 Å². The maximum Gasteiger partial charge on any atom is 0.165 e. The Morgan fingerprint density at radius 3 is 1.38 bits per heavy atom. The van der Waals surface area contributed by atoms with Crippen molar-refractivity contribution in [2.75, 3.05) is 0 Å². The molecule has 0 saturated carbocycles. The summed E-state index contributed by atoms with van der Waals surface area (Å²) in [6.07, 6.45) is 0. The Hall–Kier alpha value is 0.507. The van der Waals surface area contributed by atoms with E-state index < -0.39 is 7.38 Å². The summed E-state index contributed by atoms with van der Waals surface area (Å²) in [6.45, 7) is 14.2. The van der Waals surface area contributed by atoms with Gasteiger partial charge in [-0.2, -0.15) is 11.1 Å². The molecule has 0 nitrogen and oxygen atoms in total. The Labute approximate surface area is 88.8 Å². The van der Waals surface area contributed by atoms with Crippen LogP contribution in [0.5, 0.6) is 0 Å². The lowest BCUT2D eigenvalue weighted by Gasteiger charge is -2.33. The molecule has 0 aliphatic carbocycles. The molecule has 0 amide bonds. The van der Waals surface area contributed by atoms with Crippen LogP contribution in [0.3, 0.4) is 0 Å². The molecule has 0 aromatic carbocycles. The summed E-state index contributed by atoms with van der Waals surface area (Å²) in [4.78, 5) is 0. The van der Waals surface area contributed by atoms with Crippen molar-refractivity contribution in [2.45, 2.75) is 58.2 Å². The molecule has 4 unspecified atom stereocenters. The van der Waals surface area contributed by atoms with Crippen molar-refractivity contribution < 1.29 is 0 Å². The van der Waals surface area contributed by atoms with Gasteiger partial charge >= 0.3 is 0 Å². The van der Waals surface area contributed by atoms with Crippen LogP contribution >= 0.6 is 11.1 Å². The van der Waals surface area contributed by atoms with Gasteiger partial charge in [0.2, 0.25) is 0 Å². The zero-order chi connectivity index (χ0) is 10.4. The van der Waals surface area contributed by atoms with Crippen LogP contribution in [0.25, 0.3) is 0 Å². The highest BCUT2D eigenvalue weighted by atomic mass is 35.6. The molecule has 0 aromatic rings. The summed E-state index contributed by atoms with van der Waals surface area (Å²) in [7, 11) is -1.52. The van der Waals surface area contributed by atoms with Gasteiger partial charge in [-0.3, -0.25) is 0 Å². The SMILES string of the molecule is CC1C(C)C(C)[Si](Cl)(C(C)C)C1C. The monoisotopic (exact) mass is 218 g/mol. The normalized spacial score (nSPS) is 51.7. The molecule has 1 fully saturated rings. The van der Waals surface area contributed by atoms with Crippen molar-refractivity contribution >= 4 is 18.5 Å². The highest BCUT2D eigenvalue weighted by Gasteiger charge is 2.55. The molecule has 0 bridgehead atoms. The first-order chi connectivity index (χ1) is 5.83. The highest BCUT2D eigenvalue weighted by molar-refractivity contribution is 7.22. The Morgan fingerprint density at radius 1 is 0.923 bits per heavy atom. The lowest BCUT2D eigenvalue weighted by Crippen LogP contribution is -2.36. The quantitative estimate of drug-likeness (QED) is 0.444. The summed E-state index contributed by atoms with van der Waals surface area (Å²) < 4.78 is 0. The maximum atomic E-state index is 6.94. The van der Waals surface area contributed by atoms with Gasteiger partial charge in [-0.1, -0.05) is 41.5 Å². The zero-order valence-corrected chi connectivity index (χ0v) is 11.5. The van der Waals surface area contributed by atoms with Crippen LogP contribution in [0, 0.1) is 11.8 Å². The minimum atomic E-state index is -1.52. The largest absolute Gasteiger partial charge is 0.166 e. The second-order valence-corrected chi connectivity index (χ2v) is 11.9. The minimum Gasteiger partial charge on any atom is -0.166 e. The molecule has 0 N–H and O–H groups in total. The molecule has 1 aliphatic heterocycles. The standard InChI is InChI=1S/C11H23ClSi/c1-7(2)13(12)10(5)8(3)9(4)11(13)6/h7-11H,1-6H3. The Balaban J connectivity index is 2.98. The first-order valence-electron chi connectivity index (χ1n) is 5.52. The Bertz CT molecular complexity index is 177. The molecule has 1 saturated heterocycles. The van der Waals surface area contributed by atoms with Gasteiger partial charge < -0.3 is 0 Å². The van der Waals surface area contributed by atoms with E-state index in [9.17, 15) is 0 Å². The van der Waals surface area contributed by atoms with Crippen molar-refractivity contribution in [3.05, 3.63) is 0 Å². The van der Waals surface area contributed by atoms with Gasteiger partial charge in [0.05, 0.1) is 0 Å². The molecular formula is C11H23ClSi. The van der Waals surface area contributed by atoms with E-state index >= 15 is 0 Å². The fraction of sp³-hybridized carbons (Fsp3) is 1.00. The lowest BCUT2D eigenvalue weighted by molar-refractivity contribution is 0.406. The highest BCUT2D eigenvalue weighted by Crippen LogP contribution is 2.59. The predicted octanol–water partition coefficient (Wildman–Crippen LogP) is 4.65. The van der Waals surface area contributed by atoms with Crippen LogP contribution in [-0.2, 0) is 0 Å². The molecule has 1 rings (SSSR count). The molecule has 0 radical (unpaired) electrons. The van der Waals surface area contributed by atoms with Crippen LogP contribution in [0.1, 0.15) is 41.5 Å². The third kappa shape index (κ3) is 1.48. The van der Waals surface area contributed by atoms with Crippen LogP contribution in [0.15, 0.2) is 0 Å². The predicted molar refractivity (Wildman–Crippen MR) is 63.9 cm³/mol. The summed E-state index contributed by atoms with van der Waals surface area (Å²) in [5, 5.41) is 0. The van der Waals surface area contributed by atoms with E-state index in [2.05, 4.69) is 41.5 Å². The second-order valence-electron chi connectivity index (χ2n) is 5.28. The van der Waals surface area contributed by atoms with Crippen molar-refractivity contribution in [1.29, 1.82) is 0 Å². The van der Waals surface area contributed by atoms with E-state index in [4.69, 9.17) is 11.1 Å². The molecule has 0 aromatic heterocycles. The van der Waals surface area contributed by atoms with E-state index in [1.165, 1.54) is 0 Å². The summed E-state index contributed by atoms with van der Waals surface area (Å²) >= 11 is 6.94. The first-order valence-corrected chi connectivity index (χ1v) is 8.76. The third-order valence-corrected chi connectivity index (χ3v) is 13.7. The molecule has 4 atom stereocenters. The summed E-state index contributed by atoms with van der Waals surface area (Å²) in [5.41, 5.74) is 2.27. The van der Waals surface area contributed by atoms with Crippen LogP contribution in [0.2, 0.25) is 16.6 Å². The number of rotatable bonds is 1. The maximum absolute atomic E-state index is 6.94. The van der Waals surface area contributed by atoms with Crippen LogP contribution in [0.4, 0.5) is 0 Å². The smallest absolute Gasteiger partial charge is 0.165 e. The van der Waals surface area contributed by atoms with Gasteiger partial charge in [0.1, 0.15) is 0 Å². The van der Waals surface area contributed by atoms with Gasteiger partial charge in [-0.15, -0.1) is 0 Å². The third-order valence-electron chi connectivity index (χ3n) is 4.69. The van der Waals surface area contributed by atoms with Crippen molar-refractivity contribution in [3.63, 3.8) is 0 Å². The summed E-state index contributed by atoms with van der Waals surface area (Å²) in [6, 6.07) is 0. The van der Waals surface area contributed by atoms with E-state index in [1.807, 2.05) is 0 Å². The van der Waals surface area contributed by atoms with Crippen LogP contribution < -0.4 is 0 Å². The van der Waals surface area contributed by atoms with E-state index in [1.54, 1.807) is 0 Å². The van der Waals surface area contributed by atoms with Gasteiger partial charge in [0.25, 0.3) is 0 Å². The summed E-state index contributed by atoms with van der Waals surface area (Å²) in [5.74, 6) is 1.64. The molecule has 1 heterocycles. The molecule has 2 heteroatoms. The molecule has 0 spiro atoms. The van der Waals surface area contributed by atoms with Gasteiger partial charge in [0, 0.05) is 0 Å². The number of hydrogen-bond acceptors (Lipinski definition) is 0. The van der Waals surface area contributed by atoms with Crippen LogP contribution in [-0.4, -0.2) is 7.38 Å². The fourth-order valence-corrected chi connectivity index (χ4v) is 9.53. The topological polar surface area (TPSA) is 0 Å². The van der Waals surface area contributed by atoms with Gasteiger partial charge in [0.15, 0.2) is 7.38 Å². The average Bonchev–Trinajstić information content (AvgIpc) is 2.22. The van der Waals surface area contributed by atoms with Crippen molar-refractivity contribution in [2.24, 2.45) is 11.8 Å². The lowest BCUT2D eigenvalue weighted by atomic mass is 9.92. The van der Waals surface area contributed by atoms with Crippen molar-refractivity contribution in [3.8, 4) is 0 Å². The minimum absolute atomic E-state index is 0.714. The molecule has 1 aliphatic rings. The zero-order valence-electron chi connectivity index (χ0n) is 9.76. The molecular weight excluding hydrogens is 196 g/mol. The fourth-order valence-electron chi connectivity index (χ4n) is 3.18. The Morgan fingerprint density at radius 2 is 1.23 bits per heavy atom. The second kappa shape index (κ2) is 3.58. The van der Waals surface area contributed by atoms with Gasteiger partial charge in [-0.25, -0.2) is 0 Å². The molecule has 13 heavy (non-hydrogen) atoms. The first kappa shape index (κ1) is 11.6. The molecule has 78 valence electrons. The average molecular weight is 219 g/mol.